The van der Waals surface area contributed by atoms with Gasteiger partial charge in [-0.3, -0.25) is 0 Å². The van der Waals surface area contributed by atoms with E-state index >= 15 is 0 Å². The fourth-order valence-electron chi connectivity index (χ4n) is 2.42. The molecule has 1 aliphatic heterocycles. The number of aliphatic hydroxyl groups is 1. The van der Waals surface area contributed by atoms with Crippen molar-refractivity contribution in [2.24, 2.45) is 0 Å². The lowest BCUT2D eigenvalue weighted by atomic mass is 10.1. The van der Waals surface area contributed by atoms with Crippen LogP contribution >= 0.6 is 11.6 Å². The van der Waals surface area contributed by atoms with E-state index in [1.165, 1.54) is 0 Å². The molecule has 2 aromatic carbocycles. The summed E-state index contributed by atoms with van der Waals surface area (Å²) in [5, 5.41) is 12.0. The molecule has 4 nitrogen and oxygen atoms in total. The quantitative estimate of drug-likeness (QED) is 0.780. The molecule has 106 valence electrons. The zero-order valence-corrected chi connectivity index (χ0v) is 11.6. The Morgan fingerprint density at radius 2 is 1.86 bits per heavy atom. The van der Waals surface area contributed by atoms with Gasteiger partial charge >= 0.3 is 0 Å². The minimum Gasteiger partial charge on any atom is -0.458 e. The van der Waals surface area contributed by atoms with Gasteiger partial charge in [-0.25, -0.2) is 0 Å². The van der Waals surface area contributed by atoms with Crippen molar-refractivity contribution in [2.45, 2.75) is 6.10 Å². The molecular weight excluding hydrogens is 292 g/mol. The van der Waals surface area contributed by atoms with E-state index in [0.717, 1.165) is 5.39 Å². The highest BCUT2D eigenvalue weighted by Crippen LogP contribution is 2.36. The average molecular weight is 303 g/mol. The molecule has 1 unspecified atom stereocenters. The van der Waals surface area contributed by atoms with Gasteiger partial charge in [0.25, 0.3) is 0 Å². The number of ether oxygens (including phenoxy) is 2. The third-order valence-corrected chi connectivity index (χ3v) is 3.71. The van der Waals surface area contributed by atoms with Crippen molar-refractivity contribution < 1.29 is 19.0 Å². The van der Waals surface area contributed by atoms with Crippen LogP contribution in [0.4, 0.5) is 0 Å². The van der Waals surface area contributed by atoms with Crippen LogP contribution in [0.2, 0.25) is 5.02 Å². The molecule has 1 atom stereocenters. The molecule has 0 amide bonds. The van der Waals surface area contributed by atoms with Crippen LogP contribution in [-0.4, -0.2) is 11.9 Å². The van der Waals surface area contributed by atoms with E-state index in [9.17, 15) is 5.11 Å². The summed E-state index contributed by atoms with van der Waals surface area (Å²) < 4.78 is 16.3. The first kappa shape index (κ1) is 12.6. The molecule has 0 spiro atoms. The SMILES string of the molecule is OC(c1ccc2c(c1)OCO2)c1cc2cc(Cl)ccc2o1. The summed E-state index contributed by atoms with van der Waals surface area (Å²) in [5.74, 6) is 1.78. The molecule has 21 heavy (non-hydrogen) atoms. The molecular formula is C16H11ClO4. The predicted molar refractivity (Wildman–Crippen MR) is 77.9 cm³/mol. The number of hydrogen-bond donors (Lipinski definition) is 1. The van der Waals surface area contributed by atoms with Gasteiger partial charge in [0.05, 0.1) is 0 Å². The van der Waals surface area contributed by atoms with E-state index in [1.54, 1.807) is 42.5 Å². The van der Waals surface area contributed by atoms with Gasteiger partial charge in [-0.05, 0) is 42.0 Å². The Bertz CT molecular complexity index is 824. The van der Waals surface area contributed by atoms with E-state index in [-0.39, 0.29) is 6.79 Å². The highest BCUT2D eigenvalue weighted by Gasteiger charge is 2.20. The summed E-state index contributed by atoms with van der Waals surface area (Å²) in [6, 6.07) is 12.5. The summed E-state index contributed by atoms with van der Waals surface area (Å²) in [6.45, 7) is 0.206. The van der Waals surface area contributed by atoms with Crippen LogP contribution in [-0.2, 0) is 0 Å². The Kier molecular flexibility index (Phi) is 2.80. The van der Waals surface area contributed by atoms with Gasteiger partial charge in [0, 0.05) is 10.4 Å². The predicted octanol–water partition coefficient (Wildman–Crippen LogP) is 3.90. The molecule has 1 N–H and O–H groups in total. The second-order valence-corrected chi connectivity index (χ2v) is 5.28. The number of hydrogen-bond acceptors (Lipinski definition) is 4. The van der Waals surface area contributed by atoms with Crippen LogP contribution in [0.15, 0.2) is 46.9 Å². The van der Waals surface area contributed by atoms with Gasteiger partial charge < -0.3 is 19.0 Å². The fraction of sp³-hybridized carbons (Fsp3) is 0.125. The second-order valence-electron chi connectivity index (χ2n) is 4.85. The van der Waals surface area contributed by atoms with Crippen molar-refractivity contribution >= 4 is 22.6 Å². The van der Waals surface area contributed by atoms with E-state index in [4.69, 9.17) is 25.5 Å². The van der Waals surface area contributed by atoms with Crippen molar-refractivity contribution in [3.63, 3.8) is 0 Å². The Morgan fingerprint density at radius 3 is 2.76 bits per heavy atom. The highest BCUT2D eigenvalue weighted by atomic mass is 35.5. The van der Waals surface area contributed by atoms with Crippen molar-refractivity contribution in [2.75, 3.05) is 6.79 Å². The summed E-state index contributed by atoms with van der Waals surface area (Å²) in [5.41, 5.74) is 1.37. The molecule has 2 heterocycles. The number of aliphatic hydroxyl groups excluding tert-OH is 1. The number of furan rings is 1. The third kappa shape index (κ3) is 2.13. The minimum absolute atomic E-state index is 0.206. The van der Waals surface area contributed by atoms with Crippen molar-refractivity contribution in [3.8, 4) is 11.5 Å². The first-order chi connectivity index (χ1) is 10.2. The van der Waals surface area contributed by atoms with Gasteiger partial charge in [0.15, 0.2) is 11.5 Å². The first-order valence-electron chi connectivity index (χ1n) is 6.47. The molecule has 1 aromatic heterocycles. The van der Waals surface area contributed by atoms with E-state index in [1.807, 2.05) is 0 Å². The molecule has 0 aliphatic carbocycles. The Hall–Kier alpha value is -2.17. The normalized spacial score (nSPS) is 14.6. The summed E-state index contributed by atoms with van der Waals surface area (Å²) in [7, 11) is 0. The van der Waals surface area contributed by atoms with Crippen LogP contribution in [0.25, 0.3) is 11.0 Å². The smallest absolute Gasteiger partial charge is 0.231 e. The monoisotopic (exact) mass is 302 g/mol. The van der Waals surface area contributed by atoms with Gasteiger partial charge in [0.1, 0.15) is 17.4 Å². The van der Waals surface area contributed by atoms with Gasteiger partial charge in [-0.1, -0.05) is 17.7 Å². The topological polar surface area (TPSA) is 51.8 Å². The van der Waals surface area contributed by atoms with E-state index < -0.39 is 6.10 Å². The van der Waals surface area contributed by atoms with Crippen molar-refractivity contribution in [3.05, 3.63) is 58.8 Å². The van der Waals surface area contributed by atoms with Crippen molar-refractivity contribution in [1.29, 1.82) is 0 Å². The Balaban J connectivity index is 1.73. The maximum Gasteiger partial charge on any atom is 0.231 e. The molecule has 1 aliphatic rings. The average Bonchev–Trinajstić information content (AvgIpc) is 3.11. The summed E-state index contributed by atoms with van der Waals surface area (Å²) >= 11 is 5.95. The first-order valence-corrected chi connectivity index (χ1v) is 6.85. The standard InChI is InChI=1S/C16H11ClO4/c17-11-2-4-12-10(5-11)7-15(21-12)16(18)9-1-3-13-14(6-9)20-8-19-13/h1-7,16,18H,8H2. The maximum atomic E-state index is 10.5. The van der Waals surface area contributed by atoms with Crippen LogP contribution in [0.1, 0.15) is 17.4 Å². The lowest BCUT2D eigenvalue weighted by Gasteiger charge is -2.08. The Morgan fingerprint density at radius 1 is 1.00 bits per heavy atom. The fourth-order valence-corrected chi connectivity index (χ4v) is 2.60. The lowest BCUT2D eigenvalue weighted by Crippen LogP contribution is -1.97. The van der Waals surface area contributed by atoms with Gasteiger partial charge in [0.2, 0.25) is 6.79 Å². The zero-order valence-electron chi connectivity index (χ0n) is 10.9. The summed E-state index contributed by atoms with van der Waals surface area (Å²) in [6.07, 6.45) is -0.870. The van der Waals surface area contributed by atoms with E-state index in [2.05, 4.69) is 0 Å². The number of rotatable bonds is 2. The van der Waals surface area contributed by atoms with Gasteiger partial charge in [-0.15, -0.1) is 0 Å². The molecule has 4 rings (SSSR count). The van der Waals surface area contributed by atoms with Crippen LogP contribution < -0.4 is 9.47 Å². The van der Waals surface area contributed by atoms with Crippen molar-refractivity contribution in [1.82, 2.24) is 0 Å². The molecule has 0 saturated carbocycles. The van der Waals surface area contributed by atoms with Crippen LogP contribution in [0.5, 0.6) is 11.5 Å². The van der Waals surface area contributed by atoms with Gasteiger partial charge in [-0.2, -0.15) is 0 Å². The van der Waals surface area contributed by atoms with Crippen LogP contribution in [0, 0.1) is 0 Å². The third-order valence-electron chi connectivity index (χ3n) is 3.48. The van der Waals surface area contributed by atoms with Crippen LogP contribution in [0.3, 0.4) is 0 Å². The highest BCUT2D eigenvalue weighted by molar-refractivity contribution is 6.31. The largest absolute Gasteiger partial charge is 0.458 e. The molecule has 3 aromatic rings. The minimum atomic E-state index is -0.870. The number of halogens is 1. The second kappa shape index (κ2) is 4.69. The molecule has 0 saturated heterocycles. The number of fused-ring (bicyclic) bond motifs is 2. The Labute approximate surface area is 125 Å². The lowest BCUT2D eigenvalue weighted by molar-refractivity contribution is 0.173. The molecule has 0 bridgehead atoms. The summed E-state index contributed by atoms with van der Waals surface area (Å²) in [4.78, 5) is 0. The molecule has 0 fully saturated rings. The van der Waals surface area contributed by atoms with E-state index in [0.29, 0.717) is 33.4 Å². The molecule has 0 radical (unpaired) electrons. The number of benzene rings is 2. The zero-order chi connectivity index (χ0) is 14.4. The maximum absolute atomic E-state index is 10.5. The molecule has 5 heteroatoms.